The van der Waals surface area contributed by atoms with Gasteiger partial charge in [0, 0.05) is 6.07 Å². The Bertz CT molecular complexity index is 372. The summed E-state index contributed by atoms with van der Waals surface area (Å²) in [5.41, 5.74) is 0.558. The van der Waals surface area contributed by atoms with E-state index in [4.69, 9.17) is 5.11 Å². The SMILES string of the molecule is O=c1[nH]c2cc(O)c1[nH]2. The maximum atomic E-state index is 10.6. The maximum absolute atomic E-state index is 10.6. The molecule has 2 aromatic rings. The van der Waals surface area contributed by atoms with Gasteiger partial charge in [0.25, 0.3) is 5.56 Å². The summed E-state index contributed by atoms with van der Waals surface area (Å²) >= 11 is 0. The molecule has 9 heavy (non-hydrogen) atoms. The Labute approximate surface area is 49.5 Å². The van der Waals surface area contributed by atoms with Gasteiger partial charge < -0.3 is 15.1 Å². The summed E-state index contributed by atoms with van der Waals surface area (Å²) in [6.07, 6.45) is 0. The van der Waals surface area contributed by atoms with Crippen LogP contribution in [-0.4, -0.2) is 15.1 Å². The van der Waals surface area contributed by atoms with Crippen LogP contribution in [0, 0.1) is 0 Å². The Morgan fingerprint density at radius 2 is 2.22 bits per heavy atom. The highest BCUT2D eigenvalue weighted by atomic mass is 16.3. The molecule has 0 radical (unpaired) electrons. The van der Waals surface area contributed by atoms with Gasteiger partial charge in [-0.3, -0.25) is 4.79 Å². The molecular formula is C5H4N2O2. The number of nitrogens with one attached hydrogen (secondary N) is 2. The first-order chi connectivity index (χ1) is 4.27. The number of aromatic amines is 2. The van der Waals surface area contributed by atoms with Gasteiger partial charge in [0.05, 0.1) is 0 Å². The van der Waals surface area contributed by atoms with Crippen molar-refractivity contribution in [2.75, 3.05) is 0 Å². The number of hydrogen-bond donors (Lipinski definition) is 3. The summed E-state index contributed by atoms with van der Waals surface area (Å²) < 4.78 is 0. The first kappa shape index (κ1) is 4.43. The fourth-order valence-electron chi connectivity index (χ4n) is 0.869. The average Bonchev–Trinajstić information content (AvgIpc) is 2.22. The van der Waals surface area contributed by atoms with Crippen LogP contribution in [0.4, 0.5) is 0 Å². The minimum atomic E-state index is -0.259. The minimum Gasteiger partial charge on any atom is -0.505 e. The van der Waals surface area contributed by atoms with Crippen molar-refractivity contribution in [3.8, 4) is 5.75 Å². The van der Waals surface area contributed by atoms with E-state index in [1.54, 1.807) is 0 Å². The molecule has 0 fully saturated rings. The van der Waals surface area contributed by atoms with Crippen LogP contribution in [0.25, 0.3) is 11.2 Å². The molecule has 0 aliphatic rings. The molecule has 0 amide bonds. The summed E-state index contributed by atoms with van der Waals surface area (Å²) in [4.78, 5) is 15.7. The molecule has 0 aromatic carbocycles. The Balaban J connectivity index is 3.13. The lowest BCUT2D eigenvalue weighted by molar-refractivity contribution is 0.481. The van der Waals surface area contributed by atoms with E-state index in [-0.39, 0.29) is 16.8 Å². The molecule has 0 atom stereocenters. The normalized spacial score (nSPS) is 11.1. The molecule has 46 valence electrons. The van der Waals surface area contributed by atoms with Crippen molar-refractivity contribution < 1.29 is 5.11 Å². The predicted molar refractivity (Wildman–Crippen MR) is 31.8 cm³/mol. The summed E-state index contributed by atoms with van der Waals surface area (Å²) in [6, 6.07) is 1.47. The number of hydrogen-bond acceptors (Lipinski definition) is 2. The van der Waals surface area contributed by atoms with Gasteiger partial charge in [0.2, 0.25) is 0 Å². The fourth-order valence-corrected chi connectivity index (χ4v) is 0.869. The van der Waals surface area contributed by atoms with Crippen LogP contribution in [0.3, 0.4) is 0 Å². The molecule has 0 unspecified atom stereocenters. The van der Waals surface area contributed by atoms with Crippen LogP contribution < -0.4 is 5.56 Å². The number of imidazole rings is 1. The third-order valence-corrected chi connectivity index (χ3v) is 1.27. The van der Waals surface area contributed by atoms with E-state index in [2.05, 4.69) is 9.97 Å². The summed E-state index contributed by atoms with van der Waals surface area (Å²) in [5, 5.41) is 8.87. The third-order valence-electron chi connectivity index (χ3n) is 1.27. The molecule has 0 aliphatic heterocycles. The first-order valence-corrected chi connectivity index (χ1v) is 2.51. The Hall–Kier alpha value is -1.45. The number of rotatable bonds is 0. The molecule has 0 spiro atoms. The summed E-state index contributed by atoms with van der Waals surface area (Å²) in [5.74, 6) is 0.0220. The van der Waals surface area contributed by atoms with Crippen LogP contribution >= 0.6 is 0 Å². The van der Waals surface area contributed by atoms with Crippen LogP contribution in [0.2, 0.25) is 0 Å². The van der Waals surface area contributed by atoms with Gasteiger partial charge in [-0.1, -0.05) is 0 Å². The lowest BCUT2D eigenvalue weighted by atomic mass is 10.4. The second kappa shape index (κ2) is 1.10. The fraction of sp³-hybridized carbons (Fsp3) is 0. The minimum absolute atomic E-state index is 0.0220. The summed E-state index contributed by atoms with van der Waals surface area (Å²) in [7, 11) is 0. The lowest BCUT2D eigenvalue weighted by Crippen LogP contribution is -1.98. The van der Waals surface area contributed by atoms with Gasteiger partial charge in [-0.2, -0.15) is 0 Å². The largest absolute Gasteiger partial charge is 0.505 e. The Kier molecular flexibility index (Phi) is 0.541. The Morgan fingerprint density at radius 3 is 2.56 bits per heavy atom. The second-order valence-corrected chi connectivity index (χ2v) is 1.90. The molecule has 2 bridgehead atoms. The van der Waals surface area contributed by atoms with Crippen molar-refractivity contribution in [2.24, 2.45) is 0 Å². The quantitative estimate of drug-likeness (QED) is 0.462. The van der Waals surface area contributed by atoms with Crippen molar-refractivity contribution in [1.82, 2.24) is 9.97 Å². The molecular weight excluding hydrogens is 120 g/mol. The Morgan fingerprint density at radius 1 is 1.44 bits per heavy atom. The zero-order chi connectivity index (χ0) is 6.43. The smallest absolute Gasteiger partial charge is 0.277 e. The van der Waals surface area contributed by atoms with Crippen LogP contribution in [-0.2, 0) is 0 Å². The van der Waals surface area contributed by atoms with E-state index in [1.165, 1.54) is 6.07 Å². The maximum Gasteiger partial charge on any atom is 0.277 e. The van der Waals surface area contributed by atoms with Gasteiger partial charge in [0.1, 0.15) is 16.9 Å². The van der Waals surface area contributed by atoms with Crippen LogP contribution in [0.15, 0.2) is 10.9 Å². The summed E-state index contributed by atoms with van der Waals surface area (Å²) in [6.45, 7) is 0. The molecule has 2 aromatic heterocycles. The predicted octanol–water partition coefficient (Wildman–Crippen LogP) is -0.000400. The van der Waals surface area contributed by atoms with Gasteiger partial charge in [0.15, 0.2) is 0 Å². The molecule has 3 N–H and O–H groups in total. The van der Waals surface area contributed by atoms with Gasteiger partial charge in [-0.05, 0) is 0 Å². The van der Waals surface area contributed by atoms with Gasteiger partial charge in [-0.15, -0.1) is 0 Å². The first-order valence-electron chi connectivity index (χ1n) is 2.51. The number of H-pyrrole nitrogens is 2. The van der Waals surface area contributed by atoms with Crippen molar-refractivity contribution in [3.63, 3.8) is 0 Å². The van der Waals surface area contributed by atoms with E-state index in [0.717, 1.165) is 0 Å². The number of aromatic nitrogens is 2. The van der Waals surface area contributed by atoms with E-state index in [0.29, 0.717) is 5.65 Å². The standard InChI is InChI=1S/C5H4N2O2/c8-2-1-3-6-4(2)5(9)7-3/h1H,(H3,6,7,8,9). The molecule has 2 heterocycles. The molecule has 0 aliphatic carbocycles. The highest BCUT2D eigenvalue weighted by Crippen LogP contribution is 2.16. The highest BCUT2D eigenvalue weighted by Gasteiger charge is 2.05. The molecule has 0 saturated carbocycles. The zero-order valence-electron chi connectivity index (χ0n) is 4.43. The van der Waals surface area contributed by atoms with Gasteiger partial charge >= 0.3 is 0 Å². The third kappa shape index (κ3) is 0.394. The van der Waals surface area contributed by atoms with E-state index >= 15 is 0 Å². The van der Waals surface area contributed by atoms with Crippen molar-refractivity contribution >= 4 is 11.2 Å². The zero-order valence-corrected chi connectivity index (χ0v) is 4.43. The molecule has 4 nitrogen and oxygen atoms in total. The average molecular weight is 124 g/mol. The van der Waals surface area contributed by atoms with Gasteiger partial charge in [-0.25, -0.2) is 0 Å². The number of pyridine rings is 1. The molecule has 0 saturated heterocycles. The van der Waals surface area contributed by atoms with Crippen molar-refractivity contribution in [1.29, 1.82) is 0 Å². The van der Waals surface area contributed by atoms with E-state index < -0.39 is 0 Å². The lowest BCUT2D eigenvalue weighted by Gasteiger charge is -1.79. The molecule has 2 rings (SSSR count). The highest BCUT2D eigenvalue weighted by molar-refractivity contribution is 5.68. The number of fused-ring (bicyclic) bond motifs is 2. The van der Waals surface area contributed by atoms with E-state index in [1.807, 2.05) is 0 Å². The van der Waals surface area contributed by atoms with E-state index in [9.17, 15) is 4.79 Å². The number of aromatic hydroxyl groups is 1. The van der Waals surface area contributed by atoms with Crippen molar-refractivity contribution in [3.05, 3.63) is 16.4 Å². The second-order valence-electron chi connectivity index (χ2n) is 1.90. The monoisotopic (exact) mass is 124 g/mol. The molecule has 4 heteroatoms. The van der Waals surface area contributed by atoms with Crippen LogP contribution in [0.1, 0.15) is 0 Å². The topological polar surface area (TPSA) is 68.9 Å². The van der Waals surface area contributed by atoms with Crippen molar-refractivity contribution in [2.45, 2.75) is 0 Å². The van der Waals surface area contributed by atoms with Crippen LogP contribution in [0.5, 0.6) is 5.75 Å².